The number of carbonyl (C=O) groups is 2. The third-order valence-electron chi connectivity index (χ3n) is 3.72. The minimum absolute atomic E-state index is 0.00117. The monoisotopic (exact) mass is 468 g/mol. The van der Waals surface area contributed by atoms with Crippen LogP contribution in [0.2, 0.25) is 0 Å². The predicted octanol–water partition coefficient (Wildman–Crippen LogP) is 4.73. The van der Waals surface area contributed by atoms with Crippen molar-refractivity contribution >= 4 is 45.7 Å². The number of alkyl halides is 3. The van der Waals surface area contributed by atoms with Gasteiger partial charge in [0.05, 0.1) is 5.75 Å². The van der Waals surface area contributed by atoms with Crippen LogP contribution in [0.3, 0.4) is 0 Å². The first-order chi connectivity index (χ1) is 14.7. The lowest BCUT2D eigenvalue weighted by Gasteiger charge is -2.09. The minimum atomic E-state index is -4.78. The smallest absolute Gasteiger partial charge is 0.406 e. The van der Waals surface area contributed by atoms with Gasteiger partial charge >= 0.3 is 6.36 Å². The third kappa shape index (κ3) is 6.96. The number of aryl methyl sites for hydroxylation is 1. The zero-order valence-corrected chi connectivity index (χ0v) is 17.5. The van der Waals surface area contributed by atoms with E-state index in [1.807, 2.05) is 19.1 Å². The van der Waals surface area contributed by atoms with Crippen LogP contribution in [0, 0.1) is 6.92 Å². The van der Waals surface area contributed by atoms with Crippen molar-refractivity contribution in [2.45, 2.75) is 17.6 Å². The number of hydrogen-bond acceptors (Lipinski definition) is 7. The maximum Gasteiger partial charge on any atom is 0.573 e. The molecule has 31 heavy (non-hydrogen) atoms. The Morgan fingerprint density at radius 3 is 2.45 bits per heavy atom. The molecule has 1 heterocycles. The van der Waals surface area contributed by atoms with Gasteiger partial charge in [-0.15, -0.1) is 23.4 Å². The topological polar surface area (TPSA) is 93.2 Å². The van der Waals surface area contributed by atoms with E-state index in [1.165, 1.54) is 12.1 Å². The molecule has 0 bridgehead atoms. The van der Waals surface area contributed by atoms with E-state index in [9.17, 15) is 22.8 Å². The molecule has 0 fully saturated rings. The van der Waals surface area contributed by atoms with Gasteiger partial charge in [0, 0.05) is 11.3 Å². The van der Waals surface area contributed by atoms with Crippen LogP contribution in [-0.4, -0.2) is 34.1 Å². The Morgan fingerprint density at radius 2 is 1.77 bits per heavy atom. The summed E-state index contributed by atoms with van der Waals surface area (Å²) in [5.74, 6) is -1.06. The van der Waals surface area contributed by atoms with Gasteiger partial charge in [0.25, 0.3) is 5.91 Å². The molecule has 2 aromatic carbocycles. The number of carbonyl (C=O) groups excluding carboxylic acids is 2. The van der Waals surface area contributed by atoms with Gasteiger partial charge in [-0.3, -0.25) is 14.9 Å². The molecule has 162 valence electrons. The summed E-state index contributed by atoms with van der Waals surface area (Å²) in [5, 5.41) is 13.3. The van der Waals surface area contributed by atoms with Crippen molar-refractivity contribution < 1.29 is 27.5 Å². The van der Waals surface area contributed by atoms with Crippen LogP contribution >= 0.6 is 23.1 Å². The van der Waals surface area contributed by atoms with E-state index in [0.717, 1.165) is 40.8 Å². The number of anilines is 2. The van der Waals surface area contributed by atoms with E-state index in [0.29, 0.717) is 20.7 Å². The van der Waals surface area contributed by atoms with Crippen LogP contribution in [0.25, 0.3) is 0 Å². The summed E-state index contributed by atoms with van der Waals surface area (Å²) >= 11 is 2.24. The molecule has 2 N–H and O–H groups in total. The van der Waals surface area contributed by atoms with Crippen LogP contribution in [0.15, 0.2) is 52.9 Å². The lowest BCUT2D eigenvalue weighted by atomic mass is 10.1. The van der Waals surface area contributed by atoms with Gasteiger partial charge in [-0.2, -0.15) is 0 Å². The van der Waals surface area contributed by atoms with E-state index < -0.39 is 6.36 Å². The summed E-state index contributed by atoms with van der Waals surface area (Å²) < 4.78 is 40.7. The number of halogens is 3. The average Bonchev–Trinajstić information content (AvgIpc) is 3.14. The summed E-state index contributed by atoms with van der Waals surface area (Å²) in [6.07, 6.45) is -4.78. The molecule has 7 nitrogen and oxygen atoms in total. The molecular weight excluding hydrogens is 453 g/mol. The van der Waals surface area contributed by atoms with Gasteiger partial charge in [-0.05, 0) is 42.8 Å². The molecule has 0 aliphatic carbocycles. The number of aromatic nitrogens is 2. The highest BCUT2D eigenvalue weighted by Crippen LogP contribution is 2.27. The van der Waals surface area contributed by atoms with Crippen molar-refractivity contribution in [2.75, 3.05) is 16.4 Å². The van der Waals surface area contributed by atoms with Crippen molar-refractivity contribution in [3.05, 3.63) is 59.7 Å². The Kier molecular flexibility index (Phi) is 7.13. The van der Waals surface area contributed by atoms with Crippen LogP contribution < -0.4 is 15.4 Å². The fourth-order valence-electron chi connectivity index (χ4n) is 2.38. The molecule has 2 amide bonds. The summed E-state index contributed by atoms with van der Waals surface area (Å²) in [6, 6.07) is 11.9. The number of rotatable bonds is 7. The maximum absolute atomic E-state index is 12.3. The summed E-state index contributed by atoms with van der Waals surface area (Å²) in [6.45, 7) is 1.83. The number of nitrogens with zero attached hydrogens (tertiary/aromatic N) is 2. The molecule has 0 aliphatic rings. The number of thioether (sulfide) groups is 1. The lowest BCUT2D eigenvalue weighted by Crippen LogP contribution is -2.17. The summed E-state index contributed by atoms with van der Waals surface area (Å²) in [5.41, 5.74) is 1.68. The molecule has 12 heteroatoms. The number of amides is 2. The molecule has 0 radical (unpaired) electrons. The summed E-state index contributed by atoms with van der Waals surface area (Å²) in [7, 11) is 0. The van der Waals surface area contributed by atoms with Crippen LogP contribution in [0.4, 0.5) is 24.0 Å². The number of ether oxygens (including phenoxy) is 1. The third-order valence-corrected chi connectivity index (χ3v) is 5.69. The van der Waals surface area contributed by atoms with Gasteiger partial charge in [-0.25, -0.2) is 0 Å². The van der Waals surface area contributed by atoms with Crippen LogP contribution in [-0.2, 0) is 4.79 Å². The zero-order chi connectivity index (χ0) is 22.4. The highest BCUT2D eigenvalue weighted by atomic mass is 32.2. The molecule has 3 rings (SSSR count). The van der Waals surface area contributed by atoms with E-state index in [-0.39, 0.29) is 23.3 Å². The number of hydrogen-bond donors (Lipinski definition) is 2. The molecule has 0 aliphatic heterocycles. The Balaban J connectivity index is 1.48. The first-order valence-corrected chi connectivity index (χ1v) is 10.5. The van der Waals surface area contributed by atoms with Crippen molar-refractivity contribution in [3.8, 4) is 5.75 Å². The van der Waals surface area contributed by atoms with Crippen molar-refractivity contribution in [3.63, 3.8) is 0 Å². The van der Waals surface area contributed by atoms with Crippen molar-refractivity contribution in [1.82, 2.24) is 10.2 Å². The number of benzene rings is 2. The molecular formula is C19H15F3N4O3S2. The highest BCUT2D eigenvalue weighted by Gasteiger charge is 2.30. The zero-order valence-electron chi connectivity index (χ0n) is 15.9. The second kappa shape index (κ2) is 9.79. The van der Waals surface area contributed by atoms with E-state index in [1.54, 1.807) is 12.1 Å². The second-order valence-corrected chi connectivity index (χ2v) is 8.25. The Labute approximate surface area is 183 Å². The van der Waals surface area contributed by atoms with Gasteiger partial charge in [0.15, 0.2) is 4.34 Å². The molecule has 0 unspecified atom stereocenters. The Hall–Kier alpha value is -3.12. The molecule has 0 saturated carbocycles. The largest absolute Gasteiger partial charge is 0.573 e. The lowest BCUT2D eigenvalue weighted by molar-refractivity contribution is -0.274. The SMILES string of the molecule is Cc1ccccc1C(=O)Nc1nnc(SCC(=O)Nc2ccc(OC(F)(F)F)cc2)s1. The van der Waals surface area contributed by atoms with Crippen molar-refractivity contribution in [1.29, 1.82) is 0 Å². The summed E-state index contributed by atoms with van der Waals surface area (Å²) in [4.78, 5) is 24.3. The van der Waals surface area contributed by atoms with Gasteiger partial charge in [-0.1, -0.05) is 41.3 Å². The van der Waals surface area contributed by atoms with Crippen molar-refractivity contribution in [2.24, 2.45) is 0 Å². The normalized spacial score (nSPS) is 11.1. The Bertz CT molecular complexity index is 1070. The first kappa shape index (κ1) is 22.6. The average molecular weight is 468 g/mol. The molecule has 3 aromatic rings. The quantitative estimate of drug-likeness (QED) is 0.385. The number of nitrogens with one attached hydrogen (secondary N) is 2. The second-order valence-electron chi connectivity index (χ2n) is 6.05. The van der Waals surface area contributed by atoms with Gasteiger partial charge < -0.3 is 10.1 Å². The fourth-order valence-corrected chi connectivity index (χ4v) is 3.92. The molecule has 0 atom stereocenters. The van der Waals surface area contributed by atoms with E-state index in [2.05, 4.69) is 25.6 Å². The van der Waals surface area contributed by atoms with E-state index in [4.69, 9.17) is 0 Å². The minimum Gasteiger partial charge on any atom is -0.406 e. The Morgan fingerprint density at radius 1 is 1.06 bits per heavy atom. The van der Waals surface area contributed by atoms with Crippen LogP contribution in [0.5, 0.6) is 5.75 Å². The molecule has 0 spiro atoms. The van der Waals surface area contributed by atoms with Crippen LogP contribution in [0.1, 0.15) is 15.9 Å². The standard InChI is InChI=1S/C19H15F3N4O3S2/c1-11-4-2-3-5-14(11)16(28)24-17-25-26-18(31-17)30-10-15(27)23-12-6-8-13(9-7-12)29-19(20,21)22/h2-9H,10H2,1H3,(H,23,27)(H,24,25,28). The van der Waals surface area contributed by atoms with E-state index >= 15 is 0 Å². The van der Waals surface area contributed by atoms with Gasteiger partial charge in [0.2, 0.25) is 11.0 Å². The highest BCUT2D eigenvalue weighted by molar-refractivity contribution is 8.01. The maximum atomic E-state index is 12.3. The molecule has 0 saturated heterocycles. The van der Waals surface area contributed by atoms with Gasteiger partial charge in [0.1, 0.15) is 5.75 Å². The first-order valence-electron chi connectivity index (χ1n) is 8.68. The predicted molar refractivity (Wildman–Crippen MR) is 112 cm³/mol. The fraction of sp³-hybridized carbons (Fsp3) is 0.158. The molecule has 1 aromatic heterocycles.